The molecule has 0 aromatic heterocycles. The van der Waals surface area contributed by atoms with Crippen LogP contribution in [0.3, 0.4) is 0 Å². The molecule has 1 amide bonds. The number of aliphatic hydroxyl groups excluding tert-OH is 1. The summed E-state index contributed by atoms with van der Waals surface area (Å²) in [5.41, 5.74) is 0.641. The Kier molecular flexibility index (Phi) is 6.01. The number of nitrogens with zero attached hydrogens (tertiary/aromatic N) is 2. The first kappa shape index (κ1) is 19.9. The quantitative estimate of drug-likeness (QED) is 0.616. The zero-order valence-corrected chi connectivity index (χ0v) is 15.5. The van der Waals surface area contributed by atoms with Crippen molar-refractivity contribution in [2.45, 2.75) is 4.90 Å². The van der Waals surface area contributed by atoms with Crippen LogP contribution in [0.5, 0.6) is 0 Å². The molecule has 0 unspecified atom stereocenters. The third-order valence-corrected chi connectivity index (χ3v) is 5.69. The molecule has 0 saturated carbocycles. The Morgan fingerprint density at radius 1 is 1.31 bits per heavy atom. The van der Waals surface area contributed by atoms with Crippen LogP contribution >= 0.6 is 0 Å². The molecule has 0 atom stereocenters. The average Bonchev–Trinajstić information content (AvgIpc) is 2.91. The van der Waals surface area contributed by atoms with Crippen molar-refractivity contribution in [2.24, 2.45) is 0 Å². The summed E-state index contributed by atoms with van der Waals surface area (Å²) in [5, 5.41) is 11.9. The van der Waals surface area contributed by atoms with Crippen LogP contribution in [-0.2, 0) is 24.3 Å². The van der Waals surface area contributed by atoms with Crippen LogP contribution in [0.25, 0.3) is 0 Å². The summed E-state index contributed by atoms with van der Waals surface area (Å²) in [6.45, 7) is -0.115. The lowest BCUT2D eigenvalue weighted by molar-refractivity contribution is -0.136. The highest BCUT2D eigenvalue weighted by atomic mass is 32.2. The lowest BCUT2D eigenvalue weighted by atomic mass is 10.2. The lowest BCUT2D eigenvalue weighted by Gasteiger charge is -2.15. The minimum absolute atomic E-state index is 0.0293. The van der Waals surface area contributed by atoms with E-state index < -0.39 is 21.9 Å². The van der Waals surface area contributed by atoms with Crippen LogP contribution in [0.15, 0.2) is 40.4 Å². The number of nitrogens with one attached hydrogen (secondary N) is 1. The topological polar surface area (TPSA) is 116 Å². The summed E-state index contributed by atoms with van der Waals surface area (Å²) in [6.07, 6.45) is 0. The van der Waals surface area contributed by atoms with E-state index in [0.29, 0.717) is 5.69 Å². The van der Waals surface area contributed by atoms with Gasteiger partial charge in [-0.3, -0.25) is 4.79 Å². The molecule has 0 saturated heterocycles. The molecular weight excluding hydrogens is 362 g/mol. The van der Waals surface area contributed by atoms with Crippen molar-refractivity contribution in [1.82, 2.24) is 9.21 Å². The van der Waals surface area contributed by atoms with Gasteiger partial charge in [0, 0.05) is 26.3 Å². The van der Waals surface area contributed by atoms with E-state index in [1.54, 1.807) is 0 Å². The molecule has 1 heterocycles. The lowest BCUT2D eigenvalue weighted by Crippen LogP contribution is -2.31. The molecule has 0 aliphatic carbocycles. The van der Waals surface area contributed by atoms with Crippen LogP contribution < -0.4 is 5.32 Å². The Labute approximate surface area is 151 Å². The van der Waals surface area contributed by atoms with Crippen molar-refractivity contribution in [1.29, 1.82) is 0 Å². The van der Waals surface area contributed by atoms with Gasteiger partial charge in [0.25, 0.3) is 5.91 Å². The first-order valence-corrected chi connectivity index (χ1v) is 9.17. The number of sulfonamides is 1. The smallest absolute Gasteiger partial charge is 0.337 e. The number of esters is 1. The number of hydrogen-bond acceptors (Lipinski definition) is 7. The molecule has 9 nitrogen and oxygen atoms in total. The zero-order valence-electron chi connectivity index (χ0n) is 14.7. The largest absolute Gasteiger partial charge is 0.466 e. The number of ether oxygens (including phenoxy) is 1. The molecule has 0 radical (unpaired) electrons. The Morgan fingerprint density at radius 3 is 2.42 bits per heavy atom. The van der Waals surface area contributed by atoms with Gasteiger partial charge in [0.05, 0.1) is 30.7 Å². The molecule has 1 aromatic rings. The molecule has 26 heavy (non-hydrogen) atoms. The van der Waals surface area contributed by atoms with Gasteiger partial charge in [-0.15, -0.1) is 0 Å². The number of rotatable bonds is 7. The van der Waals surface area contributed by atoms with E-state index in [4.69, 9.17) is 9.84 Å². The van der Waals surface area contributed by atoms with Gasteiger partial charge in [0.15, 0.2) is 0 Å². The second-order valence-corrected chi connectivity index (χ2v) is 7.88. The molecule has 10 heteroatoms. The summed E-state index contributed by atoms with van der Waals surface area (Å²) in [6, 6.07) is 5.81. The van der Waals surface area contributed by atoms with E-state index in [0.717, 1.165) is 4.31 Å². The fraction of sp³-hybridized carbons (Fsp3) is 0.375. The van der Waals surface area contributed by atoms with Gasteiger partial charge in [-0.05, 0) is 24.3 Å². The Morgan fingerprint density at radius 2 is 1.92 bits per heavy atom. The highest BCUT2D eigenvalue weighted by molar-refractivity contribution is 7.89. The van der Waals surface area contributed by atoms with E-state index >= 15 is 0 Å². The average molecular weight is 383 g/mol. The summed E-state index contributed by atoms with van der Waals surface area (Å²) in [7, 11) is 0.521. The maximum atomic E-state index is 12.4. The highest BCUT2D eigenvalue weighted by Crippen LogP contribution is 2.24. The van der Waals surface area contributed by atoms with Crippen LogP contribution in [0, 0.1) is 0 Å². The molecule has 2 rings (SSSR count). The van der Waals surface area contributed by atoms with Crippen LogP contribution in [-0.4, -0.2) is 75.5 Å². The summed E-state index contributed by atoms with van der Waals surface area (Å²) in [4.78, 5) is 25.8. The molecule has 0 spiro atoms. The van der Waals surface area contributed by atoms with Gasteiger partial charge in [-0.2, -0.15) is 0 Å². The molecule has 1 aliphatic rings. The standard InChI is InChI=1S/C16H21N3O6S/c1-18(2)26(23,24)12-6-4-11(5-7-12)17-14-13(16(22)25-3)10-19(8-9-20)15(14)21/h4-7,17,20H,8-10H2,1-3H3. The molecule has 1 aliphatic heterocycles. The summed E-state index contributed by atoms with van der Waals surface area (Å²) in [5.74, 6) is -1.09. The van der Waals surface area contributed by atoms with Gasteiger partial charge in [0.2, 0.25) is 10.0 Å². The van der Waals surface area contributed by atoms with Crippen LogP contribution in [0.4, 0.5) is 5.69 Å². The van der Waals surface area contributed by atoms with Crippen LogP contribution in [0.1, 0.15) is 0 Å². The van der Waals surface area contributed by atoms with Crippen molar-refractivity contribution in [3.63, 3.8) is 0 Å². The van der Waals surface area contributed by atoms with Gasteiger partial charge >= 0.3 is 5.97 Å². The van der Waals surface area contributed by atoms with E-state index in [1.807, 2.05) is 0 Å². The van der Waals surface area contributed by atoms with E-state index in [1.165, 1.54) is 50.4 Å². The maximum absolute atomic E-state index is 12.4. The Bertz CT molecular complexity index is 830. The number of anilines is 1. The maximum Gasteiger partial charge on any atom is 0.337 e. The van der Waals surface area contributed by atoms with Crippen molar-refractivity contribution in [2.75, 3.05) is 46.2 Å². The Balaban J connectivity index is 2.30. The fourth-order valence-corrected chi connectivity index (χ4v) is 3.32. The third kappa shape index (κ3) is 3.87. The second-order valence-electron chi connectivity index (χ2n) is 5.73. The van der Waals surface area contributed by atoms with Crippen molar-refractivity contribution in [3.8, 4) is 0 Å². The number of carbonyl (C=O) groups excluding carboxylic acids is 2. The molecule has 0 bridgehead atoms. The molecule has 0 fully saturated rings. The van der Waals surface area contributed by atoms with Gasteiger partial charge in [-0.1, -0.05) is 0 Å². The zero-order chi connectivity index (χ0) is 19.5. The van der Waals surface area contributed by atoms with Crippen molar-refractivity contribution in [3.05, 3.63) is 35.5 Å². The predicted octanol–water partition coefficient (Wildman–Crippen LogP) is -0.390. The first-order valence-electron chi connectivity index (χ1n) is 7.73. The third-order valence-electron chi connectivity index (χ3n) is 3.86. The van der Waals surface area contributed by atoms with Crippen molar-refractivity contribution < 1.29 is 27.9 Å². The van der Waals surface area contributed by atoms with Gasteiger partial charge in [-0.25, -0.2) is 17.5 Å². The first-order chi connectivity index (χ1) is 12.2. The number of carbonyl (C=O) groups is 2. The Hall–Kier alpha value is -2.43. The highest BCUT2D eigenvalue weighted by Gasteiger charge is 2.34. The number of methoxy groups -OCH3 is 1. The minimum atomic E-state index is -3.56. The predicted molar refractivity (Wildman–Crippen MR) is 93.6 cm³/mol. The monoisotopic (exact) mass is 383 g/mol. The normalized spacial score (nSPS) is 15.0. The SMILES string of the molecule is COC(=O)C1=C(Nc2ccc(S(=O)(=O)N(C)C)cc2)C(=O)N(CCO)C1. The van der Waals surface area contributed by atoms with Gasteiger partial charge < -0.3 is 20.1 Å². The number of amides is 1. The summed E-state index contributed by atoms with van der Waals surface area (Å²) >= 11 is 0. The number of β-amino-alcohol motifs (C(OH)–C–C–N with tert-alkyl or cyclic N) is 1. The summed E-state index contributed by atoms with van der Waals surface area (Å²) < 4.78 is 30.0. The molecule has 1 aromatic carbocycles. The number of hydrogen-bond donors (Lipinski definition) is 2. The van der Waals surface area contributed by atoms with E-state index in [9.17, 15) is 18.0 Å². The van der Waals surface area contributed by atoms with Gasteiger partial charge in [0.1, 0.15) is 5.70 Å². The van der Waals surface area contributed by atoms with E-state index in [2.05, 4.69) is 5.32 Å². The van der Waals surface area contributed by atoms with Crippen molar-refractivity contribution >= 4 is 27.6 Å². The second kappa shape index (κ2) is 7.85. The molecule has 142 valence electrons. The molecular formula is C16H21N3O6S. The number of aliphatic hydroxyl groups is 1. The number of benzene rings is 1. The van der Waals surface area contributed by atoms with Crippen LogP contribution in [0.2, 0.25) is 0 Å². The van der Waals surface area contributed by atoms with E-state index in [-0.39, 0.29) is 35.9 Å². The fourth-order valence-electron chi connectivity index (χ4n) is 2.41. The molecule has 2 N–H and O–H groups in total. The minimum Gasteiger partial charge on any atom is -0.466 e.